The van der Waals surface area contributed by atoms with Crippen LogP contribution in [-0.2, 0) is 13.2 Å². The topological polar surface area (TPSA) is 89.7 Å². The first-order valence-electron chi connectivity index (χ1n) is 10.4. The Morgan fingerprint density at radius 3 is 2.52 bits per heavy atom. The molecule has 1 aliphatic rings. The molecule has 0 saturated carbocycles. The van der Waals surface area contributed by atoms with Crippen molar-refractivity contribution < 1.29 is 18.8 Å². The molecular formula is C23H26N4O4. The second kappa shape index (κ2) is 10.1. The van der Waals surface area contributed by atoms with Gasteiger partial charge in [0.15, 0.2) is 6.61 Å². The van der Waals surface area contributed by atoms with E-state index in [-0.39, 0.29) is 18.6 Å². The number of carbonyl (C=O) groups excluding carboxylic acids is 1. The number of hydrogen-bond donors (Lipinski definition) is 1. The third-order valence-electron chi connectivity index (χ3n) is 5.26. The lowest BCUT2D eigenvalue weighted by molar-refractivity contribution is 0.0904. The number of ether oxygens (including phenoxy) is 2. The van der Waals surface area contributed by atoms with E-state index in [1.165, 1.54) is 0 Å². The summed E-state index contributed by atoms with van der Waals surface area (Å²) in [6.45, 7) is 2.55. The monoisotopic (exact) mass is 422 g/mol. The molecule has 4 rings (SSSR count). The number of hydrogen-bond acceptors (Lipinski definition) is 7. The Bertz CT molecular complexity index is 967. The summed E-state index contributed by atoms with van der Waals surface area (Å²) in [5.41, 5.74) is 0.695. The zero-order valence-corrected chi connectivity index (χ0v) is 17.5. The van der Waals surface area contributed by atoms with E-state index in [1.807, 2.05) is 54.6 Å². The van der Waals surface area contributed by atoms with Crippen LogP contribution in [0.5, 0.6) is 11.5 Å². The minimum absolute atomic E-state index is 0.0162. The molecule has 1 fully saturated rings. The average Bonchev–Trinajstić information content (AvgIpc) is 3.27. The van der Waals surface area contributed by atoms with E-state index in [0.29, 0.717) is 29.6 Å². The van der Waals surface area contributed by atoms with Crippen molar-refractivity contribution in [3.8, 4) is 11.5 Å². The molecule has 0 bridgehead atoms. The Morgan fingerprint density at radius 2 is 1.81 bits per heavy atom. The maximum Gasteiger partial charge on any atom is 0.251 e. The zero-order valence-electron chi connectivity index (χ0n) is 17.5. The Morgan fingerprint density at radius 1 is 1.10 bits per heavy atom. The maximum atomic E-state index is 12.3. The number of amides is 1. The Labute approximate surface area is 181 Å². The molecule has 0 aliphatic carbocycles. The Balaban J connectivity index is 1.20. The minimum Gasteiger partial charge on any atom is -0.497 e. The average molecular weight is 422 g/mol. The highest BCUT2D eigenvalue weighted by Gasteiger charge is 2.22. The molecule has 1 aliphatic heterocycles. The summed E-state index contributed by atoms with van der Waals surface area (Å²) in [6, 6.07) is 16.8. The van der Waals surface area contributed by atoms with Crippen molar-refractivity contribution >= 4 is 5.91 Å². The maximum absolute atomic E-state index is 12.3. The Kier molecular flexibility index (Phi) is 6.78. The first kappa shape index (κ1) is 20.9. The molecule has 162 valence electrons. The van der Waals surface area contributed by atoms with Crippen LogP contribution in [0.25, 0.3) is 0 Å². The van der Waals surface area contributed by atoms with E-state index >= 15 is 0 Å². The molecule has 31 heavy (non-hydrogen) atoms. The molecule has 0 atom stereocenters. The molecule has 2 heterocycles. The fourth-order valence-electron chi connectivity index (χ4n) is 3.52. The van der Waals surface area contributed by atoms with E-state index in [1.54, 1.807) is 7.11 Å². The number of carbonyl (C=O) groups is 1. The third-order valence-corrected chi connectivity index (χ3v) is 5.26. The largest absolute Gasteiger partial charge is 0.497 e. The molecule has 8 heteroatoms. The van der Waals surface area contributed by atoms with E-state index in [2.05, 4.69) is 20.4 Å². The van der Waals surface area contributed by atoms with Crippen molar-refractivity contribution in [1.82, 2.24) is 20.4 Å². The smallest absolute Gasteiger partial charge is 0.251 e. The molecule has 1 saturated heterocycles. The lowest BCUT2D eigenvalue weighted by Crippen LogP contribution is -2.44. The van der Waals surface area contributed by atoms with Gasteiger partial charge in [0, 0.05) is 24.7 Å². The van der Waals surface area contributed by atoms with E-state index < -0.39 is 0 Å². The van der Waals surface area contributed by atoms with Crippen molar-refractivity contribution in [3.63, 3.8) is 0 Å². The predicted molar refractivity (Wildman–Crippen MR) is 114 cm³/mol. The fourth-order valence-corrected chi connectivity index (χ4v) is 3.52. The number of methoxy groups -OCH3 is 1. The summed E-state index contributed by atoms with van der Waals surface area (Å²) < 4.78 is 16.2. The van der Waals surface area contributed by atoms with E-state index in [0.717, 1.165) is 31.7 Å². The van der Waals surface area contributed by atoms with Crippen molar-refractivity contribution in [1.29, 1.82) is 0 Å². The molecule has 0 spiro atoms. The normalized spacial score (nSPS) is 14.9. The molecule has 1 N–H and O–H groups in total. The summed E-state index contributed by atoms with van der Waals surface area (Å²) in [5.74, 6) is 2.55. The molecule has 0 unspecified atom stereocenters. The van der Waals surface area contributed by atoms with Crippen molar-refractivity contribution in [2.75, 3.05) is 20.2 Å². The SMILES string of the molecule is COc1ccc(OCc2noc(CN3CCC(NC(=O)c4ccccc4)CC3)n2)cc1. The van der Waals surface area contributed by atoms with Gasteiger partial charge in [0.25, 0.3) is 5.91 Å². The van der Waals surface area contributed by atoms with Crippen LogP contribution >= 0.6 is 0 Å². The van der Waals surface area contributed by atoms with Crippen LogP contribution in [0, 0.1) is 0 Å². The quantitative estimate of drug-likeness (QED) is 0.597. The Hall–Kier alpha value is -3.39. The lowest BCUT2D eigenvalue weighted by atomic mass is 10.0. The van der Waals surface area contributed by atoms with Crippen LogP contribution in [0.2, 0.25) is 0 Å². The van der Waals surface area contributed by atoms with Gasteiger partial charge in [0.1, 0.15) is 11.5 Å². The second-order valence-electron chi connectivity index (χ2n) is 7.46. The molecule has 8 nitrogen and oxygen atoms in total. The van der Waals surface area contributed by atoms with E-state index in [9.17, 15) is 4.79 Å². The summed E-state index contributed by atoms with van der Waals surface area (Å²) in [7, 11) is 1.62. The lowest BCUT2D eigenvalue weighted by Gasteiger charge is -2.31. The molecule has 2 aromatic carbocycles. The third kappa shape index (κ3) is 5.82. The van der Waals surface area contributed by atoms with Gasteiger partial charge in [-0.2, -0.15) is 4.98 Å². The van der Waals surface area contributed by atoms with Gasteiger partial charge < -0.3 is 19.3 Å². The van der Waals surface area contributed by atoms with Crippen molar-refractivity contribution in [2.45, 2.75) is 32.0 Å². The van der Waals surface area contributed by atoms with Gasteiger partial charge in [-0.3, -0.25) is 9.69 Å². The van der Waals surface area contributed by atoms with Gasteiger partial charge in [-0.25, -0.2) is 0 Å². The van der Waals surface area contributed by atoms with Gasteiger partial charge in [-0.1, -0.05) is 23.4 Å². The summed E-state index contributed by atoms with van der Waals surface area (Å²) in [6.07, 6.45) is 1.78. The number of nitrogens with zero attached hydrogens (tertiary/aromatic N) is 3. The number of likely N-dealkylation sites (tertiary alicyclic amines) is 1. The highest BCUT2D eigenvalue weighted by molar-refractivity contribution is 5.94. The highest BCUT2D eigenvalue weighted by atomic mass is 16.5. The van der Waals surface area contributed by atoms with Crippen LogP contribution in [0.1, 0.15) is 34.9 Å². The van der Waals surface area contributed by atoms with Gasteiger partial charge >= 0.3 is 0 Å². The highest BCUT2D eigenvalue weighted by Crippen LogP contribution is 2.18. The fraction of sp³-hybridized carbons (Fsp3) is 0.348. The number of nitrogens with one attached hydrogen (secondary N) is 1. The molecular weight excluding hydrogens is 396 g/mol. The van der Waals surface area contributed by atoms with Crippen LogP contribution in [0.15, 0.2) is 59.1 Å². The first-order valence-corrected chi connectivity index (χ1v) is 10.4. The standard InChI is InChI=1S/C23H26N4O4/c1-29-19-7-9-20(10-8-19)30-16-21-25-22(31-26-21)15-27-13-11-18(12-14-27)24-23(28)17-5-3-2-4-6-17/h2-10,18H,11-16H2,1H3,(H,24,28). The van der Waals surface area contributed by atoms with Crippen molar-refractivity contribution in [2.24, 2.45) is 0 Å². The van der Waals surface area contributed by atoms with E-state index in [4.69, 9.17) is 14.0 Å². The zero-order chi connectivity index (χ0) is 21.5. The van der Waals surface area contributed by atoms with Crippen molar-refractivity contribution in [3.05, 3.63) is 71.9 Å². The summed E-state index contributed by atoms with van der Waals surface area (Å²) >= 11 is 0. The number of rotatable bonds is 8. The van der Waals surface area contributed by atoms with Crippen LogP contribution in [0.4, 0.5) is 0 Å². The van der Waals surface area contributed by atoms with Gasteiger partial charge in [0.2, 0.25) is 11.7 Å². The minimum atomic E-state index is -0.0162. The van der Waals surface area contributed by atoms with Gasteiger partial charge in [-0.05, 0) is 49.2 Å². The predicted octanol–water partition coefficient (Wildman–Crippen LogP) is 3.05. The summed E-state index contributed by atoms with van der Waals surface area (Å²) in [5, 5.41) is 7.12. The van der Waals surface area contributed by atoms with Crippen LogP contribution in [0.3, 0.4) is 0 Å². The van der Waals surface area contributed by atoms with Crippen LogP contribution in [-0.4, -0.2) is 47.2 Å². The number of benzene rings is 2. The second-order valence-corrected chi connectivity index (χ2v) is 7.46. The molecule has 0 radical (unpaired) electrons. The number of piperidine rings is 1. The first-order chi connectivity index (χ1) is 15.2. The van der Waals surface area contributed by atoms with Crippen LogP contribution < -0.4 is 14.8 Å². The summed E-state index contributed by atoms with van der Waals surface area (Å²) in [4.78, 5) is 19.0. The molecule has 1 amide bonds. The molecule has 3 aromatic rings. The van der Waals surface area contributed by atoms with Gasteiger partial charge in [0.05, 0.1) is 13.7 Å². The van der Waals surface area contributed by atoms with Gasteiger partial charge in [-0.15, -0.1) is 0 Å². The molecule has 1 aromatic heterocycles. The number of aromatic nitrogens is 2.